The Hall–Kier alpha value is -0.710. The van der Waals surface area contributed by atoms with Crippen LogP contribution in [0, 0.1) is 0 Å². The molecule has 1 atom stereocenters. The molecule has 0 saturated carbocycles. The van der Waals surface area contributed by atoms with E-state index in [1.165, 1.54) is 10.6 Å². The van der Waals surface area contributed by atoms with Crippen molar-refractivity contribution in [2.75, 3.05) is 43.9 Å². The number of anilines is 1. The Morgan fingerprint density at radius 3 is 2.78 bits per heavy atom. The lowest BCUT2D eigenvalue weighted by atomic mass is 10.2. The van der Waals surface area contributed by atoms with E-state index in [0.29, 0.717) is 6.10 Å². The average molecular weight is 266 g/mol. The minimum atomic E-state index is 0.299. The molecule has 1 saturated heterocycles. The van der Waals surface area contributed by atoms with E-state index in [9.17, 15) is 0 Å². The first-order valence-electron chi connectivity index (χ1n) is 6.56. The molecular formula is C14H22N2OS. The summed E-state index contributed by atoms with van der Waals surface area (Å²) in [5.41, 5.74) is 1.25. The molecular weight excluding hydrogens is 244 g/mol. The molecule has 0 bridgehead atoms. The molecule has 1 aromatic rings. The maximum Gasteiger partial charge on any atom is 0.0874 e. The van der Waals surface area contributed by atoms with E-state index in [-0.39, 0.29) is 0 Å². The predicted molar refractivity (Wildman–Crippen MR) is 78.7 cm³/mol. The maximum atomic E-state index is 5.72. The Labute approximate surface area is 114 Å². The lowest BCUT2D eigenvalue weighted by molar-refractivity contribution is 0.0340. The Morgan fingerprint density at radius 1 is 1.39 bits per heavy atom. The molecule has 1 unspecified atom stereocenters. The van der Waals surface area contributed by atoms with E-state index in [1.807, 2.05) is 11.8 Å². The van der Waals surface area contributed by atoms with Crippen LogP contribution in [0.2, 0.25) is 0 Å². The van der Waals surface area contributed by atoms with E-state index in [1.54, 1.807) is 0 Å². The zero-order valence-electron chi connectivity index (χ0n) is 11.2. The van der Waals surface area contributed by atoms with Crippen LogP contribution in [0.4, 0.5) is 5.69 Å². The summed E-state index contributed by atoms with van der Waals surface area (Å²) >= 11 is 1.88. The van der Waals surface area contributed by atoms with Crippen LogP contribution in [-0.4, -0.2) is 45.1 Å². The number of likely N-dealkylation sites (N-methyl/N-ethyl adjacent to an activating group) is 1. The monoisotopic (exact) mass is 266 g/mol. The summed E-state index contributed by atoms with van der Waals surface area (Å²) in [4.78, 5) is 3.60. The van der Waals surface area contributed by atoms with Crippen molar-refractivity contribution in [3.05, 3.63) is 24.3 Å². The summed E-state index contributed by atoms with van der Waals surface area (Å²) in [6.07, 6.45) is 0.299. The van der Waals surface area contributed by atoms with Crippen LogP contribution < -0.4 is 10.2 Å². The number of thioether (sulfide) groups is 1. The van der Waals surface area contributed by atoms with Gasteiger partial charge >= 0.3 is 0 Å². The molecule has 0 spiro atoms. The molecule has 1 aliphatic heterocycles. The van der Waals surface area contributed by atoms with Crippen molar-refractivity contribution in [3.63, 3.8) is 0 Å². The summed E-state index contributed by atoms with van der Waals surface area (Å²) < 4.78 is 5.72. The number of nitrogens with one attached hydrogen (secondary N) is 1. The molecule has 1 aliphatic rings. The first-order chi connectivity index (χ1) is 8.79. The third kappa shape index (κ3) is 3.90. The Bertz CT molecular complexity index is 349. The number of nitrogens with zero attached hydrogens (tertiary/aromatic N) is 1. The first kappa shape index (κ1) is 13.7. The second kappa shape index (κ2) is 7.02. The Balaban J connectivity index is 1.89. The highest BCUT2D eigenvalue weighted by molar-refractivity contribution is 7.99. The van der Waals surface area contributed by atoms with Crippen LogP contribution in [0.15, 0.2) is 29.2 Å². The van der Waals surface area contributed by atoms with Crippen LogP contribution in [0.25, 0.3) is 0 Å². The van der Waals surface area contributed by atoms with Gasteiger partial charge in [-0.25, -0.2) is 0 Å². The molecule has 1 aromatic carbocycles. The van der Waals surface area contributed by atoms with Crippen molar-refractivity contribution < 1.29 is 4.74 Å². The van der Waals surface area contributed by atoms with Crippen LogP contribution in [0.5, 0.6) is 0 Å². The standard InChI is InChI=1S/C14H22N2OS/c1-3-18-14-6-4-12(5-7-14)16(2)11-13-10-15-8-9-17-13/h4-7,13,15H,3,8-11H2,1-2H3. The van der Waals surface area contributed by atoms with Gasteiger partial charge < -0.3 is 15.0 Å². The second-order valence-electron chi connectivity index (χ2n) is 4.50. The molecule has 0 radical (unpaired) electrons. The van der Waals surface area contributed by atoms with Crippen LogP contribution in [0.1, 0.15) is 6.92 Å². The predicted octanol–water partition coefficient (Wildman–Crippen LogP) is 2.22. The van der Waals surface area contributed by atoms with Gasteiger partial charge in [0, 0.05) is 37.3 Å². The van der Waals surface area contributed by atoms with Gasteiger partial charge in [0.1, 0.15) is 0 Å². The highest BCUT2D eigenvalue weighted by Crippen LogP contribution is 2.21. The van der Waals surface area contributed by atoms with Crippen molar-refractivity contribution in [2.24, 2.45) is 0 Å². The highest BCUT2D eigenvalue weighted by atomic mass is 32.2. The fraction of sp³-hybridized carbons (Fsp3) is 0.571. The molecule has 2 rings (SSSR count). The highest BCUT2D eigenvalue weighted by Gasteiger charge is 2.15. The van der Waals surface area contributed by atoms with Gasteiger partial charge in [-0.05, 0) is 30.0 Å². The zero-order valence-corrected chi connectivity index (χ0v) is 12.0. The molecule has 3 nitrogen and oxygen atoms in total. The quantitative estimate of drug-likeness (QED) is 0.826. The van der Waals surface area contributed by atoms with Gasteiger partial charge in [0.2, 0.25) is 0 Å². The lowest BCUT2D eigenvalue weighted by Gasteiger charge is -2.29. The van der Waals surface area contributed by atoms with Gasteiger partial charge in [-0.15, -0.1) is 11.8 Å². The van der Waals surface area contributed by atoms with Gasteiger partial charge in [-0.2, -0.15) is 0 Å². The SMILES string of the molecule is CCSc1ccc(N(C)CC2CNCCO2)cc1. The zero-order chi connectivity index (χ0) is 12.8. The number of ether oxygens (including phenoxy) is 1. The van der Waals surface area contributed by atoms with Gasteiger partial charge in [-0.1, -0.05) is 6.92 Å². The molecule has 4 heteroatoms. The molecule has 0 aromatic heterocycles. The van der Waals surface area contributed by atoms with Gasteiger partial charge in [0.25, 0.3) is 0 Å². The minimum Gasteiger partial charge on any atom is -0.374 e. The summed E-state index contributed by atoms with van der Waals surface area (Å²) in [6, 6.07) is 8.77. The van der Waals surface area contributed by atoms with Crippen molar-refractivity contribution in [2.45, 2.75) is 17.9 Å². The Kier molecular flexibility index (Phi) is 5.35. The number of benzene rings is 1. The summed E-state index contributed by atoms with van der Waals surface area (Å²) in [6.45, 7) is 5.87. The number of hydrogen-bond acceptors (Lipinski definition) is 4. The van der Waals surface area contributed by atoms with Gasteiger partial charge in [-0.3, -0.25) is 0 Å². The topological polar surface area (TPSA) is 24.5 Å². The summed E-state index contributed by atoms with van der Waals surface area (Å²) in [7, 11) is 2.12. The number of rotatable bonds is 5. The molecule has 0 amide bonds. The number of hydrogen-bond donors (Lipinski definition) is 1. The molecule has 1 N–H and O–H groups in total. The summed E-state index contributed by atoms with van der Waals surface area (Å²) in [5, 5.41) is 3.36. The molecule has 18 heavy (non-hydrogen) atoms. The van der Waals surface area contributed by atoms with Crippen molar-refractivity contribution in [1.82, 2.24) is 5.32 Å². The minimum absolute atomic E-state index is 0.299. The summed E-state index contributed by atoms with van der Waals surface area (Å²) in [5.74, 6) is 1.12. The van der Waals surface area contributed by atoms with Crippen molar-refractivity contribution in [1.29, 1.82) is 0 Å². The lowest BCUT2D eigenvalue weighted by Crippen LogP contribution is -2.44. The van der Waals surface area contributed by atoms with E-state index >= 15 is 0 Å². The van der Waals surface area contributed by atoms with Crippen LogP contribution >= 0.6 is 11.8 Å². The van der Waals surface area contributed by atoms with Crippen molar-refractivity contribution >= 4 is 17.4 Å². The largest absolute Gasteiger partial charge is 0.374 e. The van der Waals surface area contributed by atoms with Crippen LogP contribution in [-0.2, 0) is 4.74 Å². The molecule has 100 valence electrons. The molecule has 1 heterocycles. The van der Waals surface area contributed by atoms with E-state index in [2.05, 4.69) is 48.5 Å². The second-order valence-corrected chi connectivity index (χ2v) is 5.84. The fourth-order valence-electron chi connectivity index (χ4n) is 2.11. The first-order valence-corrected chi connectivity index (χ1v) is 7.54. The molecule has 1 fully saturated rings. The third-order valence-electron chi connectivity index (χ3n) is 3.07. The number of morpholine rings is 1. The maximum absolute atomic E-state index is 5.72. The van der Waals surface area contributed by atoms with E-state index in [0.717, 1.165) is 32.0 Å². The average Bonchev–Trinajstić information content (AvgIpc) is 2.41. The van der Waals surface area contributed by atoms with E-state index in [4.69, 9.17) is 4.74 Å². The molecule has 0 aliphatic carbocycles. The van der Waals surface area contributed by atoms with Crippen molar-refractivity contribution in [3.8, 4) is 0 Å². The van der Waals surface area contributed by atoms with Gasteiger partial charge in [0.05, 0.1) is 12.7 Å². The smallest absolute Gasteiger partial charge is 0.0874 e. The normalized spacial score (nSPS) is 19.8. The fourth-order valence-corrected chi connectivity index (χ4v) is 2.77. The Morgan fingerprint density at radius 2 is 2.17 bits per heavy atom. The van der Waals surface area contributed by atoms with E-state index < -0.39 is 0 Å². The van der Waals surface area contributed by atoms with Crippen LogP contribution in [0.3, 0.4) is 0 Å². The third-order valence-corrected chi connectivity index (χ3v) is 3.96. The van der Waals surface area contributed by atoms with Gasteiger partial charge in [0.15, 0.2) is 0 Å².